The first-order valence-corrected chi connectivity index (χ1v) is 18.7. The number of nitrogens with zero attached hydrogens (tertiary/aromatic N) is 7. The second-order valence-corrected chi connectivity index (χ2v) is 15.9. The second-order valence-electron chi connectivity index (χ2n) is 14.9. The van der Waals surface area contributed by atoms with E-state index in [1.165, 1.54) is 0 Å². The Hall–Kier alpha value is -3.95. The monoisotopic (exact) mass is 756 g/mol. The predicted octanol–water partition coefficient (Wildman–Crippen LogP) is 5.91. The van der Waals surface area contributed by atoms with Crippen LogP contribution in [0.1, 0.15) is 55.7 Å². The standard InChI is InChI=1S/C36H37F5N8O3S/c1-35(40,41)52-8-7-47-13-19-3-4-20(14-47)49(19)33-27-23-16-50-15-22(23)25(29-26-21(10-42)32(43)53-31(26)24(38)11-44-29)28(39)30(27)45-34(46-33)51-17-36-5-2-6-48(36)12-18(37)9-36/h11,18-20H,2-9,12-17,43H2,1H3/t18-,19?,20?,36+/m1/s1. The SMILES string of the molecule is CC(F)(F)OCCN1CC2CCC(C1)N2c1nc(OC[C@@]23CCCN2C[C@H](F)C3)nc2c(F)c(-c3ncc(F)c4sc(N)c(C#N)c34)c3c(c12)COC3. The lowest BCUT2D eigenvalue weighted by molar-refractivity contribution is -0.225. The highest BCUT2D eigenvalue weighted by atomic mass is 32.1. The maximum absolute atomic E-state index is 17.5. The van der Waals surface area contributed by atoms with E-state index < -0.39 is 29.5 Å². The van der Waals surface area contributed by atoms with Crippen LogP contribution in [0.4, 0.5) is 32.8 Å². The van der Waals surface area contributed by atoms with E-state index in [1.54, 1.807) is 0 Å². The summed E-state index contributed by atoms with van der Waals surface area (Å²) in [7, 11) is 0. The van der Waals surface area contributed by atoms with Gasteiger partial charge in [0.1, 0.15) is 35.2 Å². The van der Waals surface area contributed by atoms with Gasteiger partial charge >= 0.3 is 12.1 Å². The fourth-order valence-electron chi connectivity index (χ4n) is 9.40. The van der Waals surface area contributed by atoms with Gasteiger partial charge in [-0.25, -0.2) is 13.2 Å². The Bertz CT molecular complexity index is 2160. The molecule has 5 aliphatic rings. The number of nitriles is 1. The van der Waals surface area contributed by atoms with Crippen molar-refractivity contribution in [3.8, 4) is 23.3 Å². The summed E-state index contributed by atoms with van der Waals surface area (Å²) < 4.78 is 91.2. The highest BCUT2D eigenvalue weighted by Gasteiger charge is 2.50. The number of ether oxygens (including phenoxy) is 3. The van der Waals surface area contributed by atoms with Crippen molar-refractivity contribution >= 4 is 43.1 Å². The molecule has 5 aliphatic heterocycles. The predicted molar refractivity (Wildman–Crippen MR) is 187 cm³/mol. The summed E-state index contributed by atoms with van der Waals surface area (Å²) in [6, 6.07) is 1.84. The lowest BCUT2D eigenvalue weighted by Gasteiger charge is -2.42. The summed E-state index contributed by atoms with van der Waals surface area (Å²) in [5, 5.41) is 10.7. The maximum atomic E-state index is 17.5. The molecule has 4 saturated heterocycles. The van der Waals surface area contributed by atoms with Gasteiger partial charge in [0, 0.05) is 62.6 Å². The Balaban J connectivity index is 1.18. The molecule has 4 atom stereocenters. The first kappa shape index (κ1) is 34.8. The number of pyridine rings is 1. The zero-order valence-corrected chi connectivity index (χ0v) is 29.8. The molecule has 4 fully saturated rings. The number of rotatable bonds is 9. The third-order valence-electron chi connectivity index (χ3n) is 11.6. The van der Waals surface area contributed by atoms with E-state index in [4.69, 9.17) is 24.9 Å². The van der Waals surface area contributed by atoms with Crippen LogP contribution in [0.25, 0.3) is 32.2 Å². The fourth-order valence-corrected chi connectivity index (χ4v) is 10.3. The van der Waals surface area contributed by atoms with Crippen molar-refractivity contribution in [2.24, 2.45) is 0 Å². The summed E-state index contributed by atoms with van der Waals surface area (Å²) in [4.78, 5) is 20.4. The molecular weight excluding hydrogens is 720 g/mol. The Morgan fingerprint density at radius 1 is 1.13 bits per heavy atom. The van der Waals surface area contributed by atoms with Crippen LogP contribution >= 0.6 is 11.3 Å². The van der Waals surface area contributed by atoms with Crippen LogP contribution in [0.3, 0.4) is 0 Å². The number of aromatic nitrogens is 3. The molecule has 1 aromatic carbocycles. The molecule has 4 aromatic rings. The zero-order chi connectivity index (χ0) is 36.8. The van der Waals surface area contributed by atoms with Gasteiger partial charge in [0.15, 0.2) is 11.6 Å². The van der Waals surface area contributed by atoms with Crippen LogP contribution in [0.5, 0.6) is 6.01 Å². The van der Waals surface area contributed by atoms with Crippen molar-refractivity contribution in [3.63, 3.8) is 0 Å². The first-order chi connectivity index (χ1) is 25.4. The van der Waals surface area contributed by atoms with Gasteiger partial charge in [-0.2, -0.15) is 24.0 Å². The minimum atomic E-state index is -3.22. The normalized spacial score (nSPS) is 25.8. The van der Waals surface area contributed by atoms with Gasteiger partial charge in [-0.3, -0.25) is 14.8 Å². The summed E-state index contributed by atoms with van der Waals surface area (Å²) in [6.07, 6.45) is 0.407. The number of fused-ring (bicyclic) bond motifs is 7. The number of alkyl halides is 3. The molecule has 3 aromatic heterocycles. The molecule has 2 bridgehead atoms. The van der Waals surface area contributed by atoms with Crippen LogP contribution in [-0.2, 0) is 22.7 Å². The summed E-state index contributed by atoms with van der Waals surface area (Å²) in [5.41, 5.74) is 6.83. The van der Waals surface area contributed by atoms with Crippen molar-refractivity contribution in [1.82, 2.24) is 24.8 Å². The Morgan fingerprint density at radius 3 is 2.66 bits per heavy atom. The van der Waals surface area contributed by atoms with Crippen molar-refractivity contribution in [2.45, 2.75) is 82.1 Å². The first-order valence-electron chi connectivity index (χ1n) is 17.9. The minimum Gasteiger partial charge on any atom is -0.461 e. The Labute approximate surface area is 305 Å². The average Bonchev–Trinajstić information content (AvgIpc) is 3.92. The van der Waals surface area contributed by atoms with E-state index in [-0.39, 0.29) is 81.9 Å². The molecule has 0 amide bonds. The molecule has 0 spiro atoms. The van der Waals surface area contributed by atoms with E-state index in [1.807, 2.05) is 6.07 Å². The molecule has 9 rings (SSSR count). The zero-order valence-electron chi connectivity index (χ0n) is 28.9. The second kappa shape index (κ2) is 12.8. The van der Waals surface area contributed by atoms with Crippen LogP contribution in [-0.4, -0.2) is 101 Å². The van der Waals surface area contributed by atoms with Crippen molar-refractivity contribution in [1.29, 1.82) is 5.26 Å². The topological polar surface area (TPSA) is 126 Å². The Kier molecular flexibility index (Phi) is 8.42. The van der Waals surface area contributed by atoms with Crippen LogP contribution in [0, 0.1) is 23.0 Å². The number of likely N-dealkylation sites (tertiary alicyclic amines) is 1. The van der Waals surface area contributed by atoms with E-state index in [2.05, 4.69) is 24.7 Å². The molecular formula is C36H37F5N8O3S. The number of nitrogens with two attached hydrogens (primary N) is 1. The van der Waals surface area contributed by atoms with E-state index in [9.17, 15) is 18.4 Å². The molecule has 0 radical (unpaired) electrons. The molecule has 11 nitrogen and oxygen atoms in total. The third kappa shape index (κ3) is 5.76. The van der Waals surface area contributed by atoms with Crippen molar-refractivity contribution < 1.29 is 36.2 Å². The van der Waals surface area contributed by atoms with Gasteiger partial charge < -0.3 is 24.8 Å². The maximum Gasteiger partial charge on any atom is 0.352 e. The number of thiophene rings is 1. The molecule has 53 heavy (non-hydrogen) atoms. The largest absolute Gasteiger partial charge is 0.461 e. The summed E-state index contributed by atoms with van der Waals surface area (Å²) in [5.74, 6) is -0.949. The lowest BCUT2D eigenvalue weighted by atomic mass is 9.93. The highest BCUT2D eigenvalue weighted by molar-refractivity contribution is 7.23. The highest BCUT2D eigenvalue weighted by Crippen LogP contribution is 2.48. The molecule has 2 unspecified atom stereocenters. The Morgan fingerprint density at radius 2 is 1.91 bits per heavy atom. The fraction of sp³-hybridized carbons (Fsp3) is 0.556. The summed E-state index contributed by atoms with van der Waals surface area (Å²) in [6.45, 7) is 3.42. The number of benzene rings is 1. The molecule has 0 saturated carbocycles. The number of halogens is 5. The van der Waals surface area contributed by atoms with Gasteiger partial charge in [-0.15, -0.1) is 11.3 Å². The van der Waals surface area contributed by atoms with Gasteiger partial charge in [-0.05, 0) is 43.4 Å². The summed E-state index contributed by atoms with van der Waals surface area (Å²) >= 11 is 0.899. The average molecular weight is 757 g/mol. The van der Waals surface area contributed by atoms with E-state index in [0.717, 1.165) is 56.7 Å². The molecule has 17 heteroatoms. The van der Waals surface area contributed by atoms with Crippen molar-refractivity contribution in [3.05, 3.63) is 34.5 Å². The molecule has 8 heterocycles. The number of piperazine rings is 1. The van der Waals surface area contributed by atoms with Gasteiger partial charge in [-0.1, -0.05) is 0 Å². The number of hydrogen-bond donors (Lipinski definition) is 1. The number of nitrogen functional groups attached to an aromatic ring is 1. The third-order valence-corrected chi connectivity index (χ3v) is 12.6. The van der Waals surface area contributed by atoms with Crippen molar-refractivity contribution in [2.75, 3.05) is 56.6 Å². The van der Waals surface area contributed by atoms with Crippen LogP contribution in [0.15, 0.2) is 6.20 Å². The van der Waals surface area contributed by atoms with E-state index in [0.29, 0.717) is 54.9 Å². The van der Waals surface area contributed by atoms with Gasteiger partial charge in [0.05, 0.1) is 52.9 Å². The smallest absolute Gasteiger partial charge is 0.352 e. The van der Waals surface area contributed by atoms with Gasteiger partial charge in [0.25, 0.3) is 0 Å². The molecule has 280 valence electrons. The molecule has 0 aliphatic carbocycles. The lowest BCUT2D eigenvalue weighted by Crippen LogP contribution is -2.55. The minimum absolute atomic E-state index is 0.0113. The van der Waals surface area contributed by atoms with Crippen LogP contribution < -0.4 is 15.4 Å². The number of hydrogen-bond acceptors (Lipinski definition) is 12. The van der Waals surface area contributed by atoms with E-state index >= 15 is 8.78 Å². The van der Waals surface area contributed by atoms with Crippen LogP contribution in [0.2, 0.25) is 0 Å². The van der Waals surface area contributed by atoms with Gasteiger partial charge in [0.2, 0.25) is 0 Å². The quantitative estimate of drug-likeness (QED) is 0.205. The number of anilines is 2. The molecule has 2 N–H and O–H groups in total.